The summed E-state index contributed by atoms with van der Waals surface area (Å²) in [5.41, 5.74) is 5.00. The fraction of sp³-hybridized carbons (Fsp3) is 0.0909. The number of hydrogen-bond acceptors (Lipinski definition) is 12. The second-order valence-electron chi connectivity index (χ2n) is 19.6. The summed E-state index contributed by atoms with van der Waals surface area (Å²) >= 11 is -12.8. The van der Waals surface area contributed by atoms with Gasteiger partial charge in [-0.15, -0.1) is 0 Å². The third-order valence-corrected chi connectivity index (χ3v) is 28.4. The fourth-order valence-corrected chi connectivity index (χ4v) is 27.8. The fourth-order valence-electron chi connectivity index (χ4n) is 6.86. The van der Waals surface area contributed by atoms with Crippen molar-refractivity contribution >= 4 is 147 Å². The maximum absolute atomic E-state index is 12.6. The molecule has 21 heteroatoms. The Kier molecular flexibility index (Phi) is 23.5. The zero-order valence-electron chi connectivity index (χ0n) is 48.6. The Balaban J connectivity index is 1.43. The summed E-state index contributed by atoms with van der Waals surface area (Å²) in [5, 5.41) is 17.0. The van der Waals surface area contributed by atoms with Gasteiger partial charge in [0.15, 0.2) is 0 Å². The van der Waals surface area contributed by atoms with Gasteiger partial charge in [-0.05, 0) is 0 Å². The van der Waals surface area contributed by atoms with Gasteiger partial charge in [0.1, 0.15) is 0 Å². The van der Waals surface area contributed by atoms with E-state index in [9.17, 15) is 28.8 Å². The average Bonchev–Trinajstić information content (AvgIpc) is 2.34. The van der Waals surface area contributed by atoms with Gasteiger partial charge in [-0.25, -0.2) is 0 Å². The van der Waals surface area contributed by atoms with E-state index in [0.29, 0.717) is 112 Å². The summed E-state index contributed by atoms with van der Waals surface area (Å²) in [7, 11) is 0. The number of hydrogen-bond donors (Lipinski definition) is 6. The van der Waals surface area contributed by atoms with E-state index in [0.717, 1.165) is 0 Å². The molecule has 0 unspecified atom stereocenters. The van der Waals surface area contributed by atoms with E-state index in [4.69, 9.17) is 16.9 Å². The van der Waals surface area contributed by atoms with Crippen LogP contribution < -0.4 is 58.6 Å². The Morgan fingerprint density at radius 2 is 0.379 bits per heavy atom. The Morgan fingerprint density at radius 3 is 0.494 bits per heavy atom. The van der Waals surface area contributed by atoms with E-state index in [-0.39, 0.29) is 35.4 Å². The van der Waals surface area contributed by atoms with Crippen LogP contribution >= 0.6 is 0 Å². The molecule has 0 bridgehead atoms. The van der Waals surface area contributed by atoms with Crippen molar-refractivity contribution in [3.05, 3.63) is 237 Å². The van der Waals surface area contributed by atoms with E-state index >= 15 is 0 Å². The minimum atomic E-state index is -4.26. The van der Waals surface area contributed by atoms with Crippen LogP contribution in [0.15, 0.2) is 237 Å². The van der Waals surface area contributed by atoms with E-state index < -0.39 is 67.9 Å². The van der Waals surface area contributed by atoms with Crippen LogP contribution in [-0.2, 0) is 28.8 Å². The van der Waals surface area contributed by atoms with Gasteiger partial charge in [0.2, 0.25) is 0 Å². The quantitative estimate of drug-likeness (QED) is 0.0209. The van der Waals surface area contributed by atoms with Gasteiger partial charge in [0.05, 0.1) is 0 Å². The molecule has 7 aromatic carbocycles. The van der Waals surface area contributed by atoms with E-state index in [1.165, 1.54) is 0 Å². The second-order valence-corrected chi connectivity index (χ2v) is 35.9. The van der Waals surface area contributed by atoms with Gasteiger partial charge >= 0.3 is 538 Å². The van der Waals surface area contributed by atoms with Crippen molar-refractivity contribution in [2.45, 2.75) is 41.5 Å². The summed E-state index contributed by atoms with van der Waals surface area (Å²) in [4.78, 5) is 75.8. The van der Waals surface area contributed by atoms with Crippen LogP contribution in [0.3, 0.4) is 0 Å². The molecule has 0 aromatic heterocycles. The van der Waals surface area contributed by atoms with Gasteiger partial charge in [0.25, 0.3) is 0 Å². The van der Waals surface area contributed by atoms with Crippen LogP contribution in [0.1, 0.15) is 41.5 Å². The van der Waals surface area contributed by atoms with Crippen molar-refractivity contribution < 1.29 is 45.6 Å². The van der Waals surface area contributed by atoms with Gasteiger partial charge in [0, 0.05) is 0 Å². The number of anilines is 6. The van der Waals surface area contributed by atoms with Crippen molar-refractivity contribution in [1.82, 2.24) is 0 Å². The molecular formula is C66H63Bi3N6O12. The second kappa shape index (κ2) is 31.1. The minimum absolute atomic E-state index is 0.329. The predicted octanol–water partition coefficient (Wildman–Crippen LogP) is 10.3. The Labute approximate surface area is 532 Å². The van der Waals surface area contributed by atoms with Crippen molar-refractivity contribution in [3.8, 4) is 34.5 Å². The molecule has 0 aliphatic carbocycles. The topological polar surface area (TPSA) is 230 Å². The van der Waals surface area contributed by atoms with Crippen molar-refractivity contribution in [3.63, 3.8) is 0 Å². The molecular weight excluding hydrogens is 1700 g/mol. The van der Waals surface area contributed by atoms with Crippen molar-refractivity contribution in [1.29, 1.82) is 0 Å². The maximum atomic E-state index is 12.6. The molecule has 444 valence electrons. The van der Waals surface area contributed by atoms with E-state index in [2.05, 4.69) is 71.4 Å². The first-order valence-corrected chi connectivity index (χ1v) is 40.2. The Bertz CT molecular complexity index is 3160. The van der Waals surface area contributed by atoms with Crippen LogP contribution in [0.5, 0.6) is 34.5 Å². The standard InChI is InChI=1S/6C10H11NO2.C6H3.3Bi/c6*1-7(2)10(13)11-8-3-5-9(12)6-4-8;1-2-4-6-5-3-1;;;/h6*3-6,12H,1H2,2H3,(H,11,13);1,4-5H;;;/q;;;;;;;3*+2/p-6. The molecule has 7 rings (SSSR count). The number of carbonyl (C=O) groups excluding carboxylic acids is 6. The van der Waals surface area contributed by atoms with Crippen molar-refractivity contribution in [2.24, 2.45) is 0 Å². The summed E-state index contributed by atoms with van der Waals surface area (Å²) in [6, 6.07) is 46.9. The molecule has 0 heterocycles. The van der Waals surface area contributed by atoms with Crippen LogP contribution in [0, 0.1) is 0 Å². The first-order valence-electron chi connectivity index (χ1n) is 26.5. The molecule has 6 N–H and O–H groups in total. The first kappa shape index (κ1) is 65.8. The molecule has 87 heavy (non-hydrogen) atoms. The summed E-state index contributed by atoms with van der Waals surface area (Å²) in [6.07, 6.45) is 0. The molecule has 0 spiro atoms. The number of rotatable bonds is 27. The summed E-state index contributed by atoms with van der Waals surface area (Å²) in [6.45, 7) is 32.2. The van der Waals surface area contributed by atoms with Crippen LogP contribution in [0.4, 0.5) is 34.1 Å². The first-order chi connectivity index (χ1) is 41.4. The predicted molar refractivity (Wildman–Crippen MR) is 346 cm³/mol. The molecule has 0 aliphatic heterocycles. The third-order valence-electron chi connectivity index (χ3n) is 11.6. The third kappa shape index (κ3) is 20.2. The van der Waals surface area contributed by atoms with E-state index in [1.54, 1.807) is 187 Å². The van der Waals surface area contributed by atoms with Gasteiger partial charge in [-0.2, -0.15) is 0 Å². The zero-order chi connectivity index (χ0) is 62.9. The molecule has 0 radical (unpaired) electrons. The molecule has 0 aliphatic rings. The molecule has 7 aromatic rings. The normalized spacial score (nSPS) is 10.6. The number of nitrogens with one attached hydrogen (secondary N) is 6. The Morgan fingerprint density at radius 1 is 0.253 bits per heavy atom. The SMILES string of the molecule is C=C(C)C(=O)Nc1ccc([O][Bi]([O]c2ccc(NC(=O)C(=C)C)cc2)[c]2c[c]([Bi]([O]c3ccc(NC(=O)C(=C)C)cc3)[O]c3ccc(NC(=O)C(=C)C)cc3)c[c]([Bi]([O]c3ccc(NC(=O)C(=C)C)cc3)[O]c3ccc(NC(=O)C(=C)C)cc3)c2)cc1. The number of carbonyl (C=O) groups is 6. The average molecular weight is 1760 g/mol. The zero-order valence-corrected chi connectivity index (χ0v) is 59.0. The van der Waals surface area contributed by atoms with Crippen LogP contribution in [0.2, 0.25) is 0 Å². The van der Waals surface area contributed by atoms with Crippen molar-refractivity contribution in [2.75, 3.05) is 31.9 Å². The number of amides is 6. The van der Waals surface area contributed by atoms with Crippen LogP contribution in [-0.4, -0.2) is 103 Å². The van der Waals surface area contributed by atoms with E-state index in [1.807, 2.05) is 18.2 Å². The molecule has 0 fully saturated rings. The molecule has 0 saturated carbocycles. The number of benzene rings is 7. The summed E-state index contributed by atoms with van der Waals surface area (Å²) < 4.78 is 44.0. The van der Waals surface area contributed by atoms with Gasteiger partial charge in [-0.1, -0.05) is 0 Å². The Hall–Kier alpha value is -8.75. The molecule has 0 atom stereocenters. The molecule has 18 nitrogen and oxygen atoms in total. The van der Waals surface area contributed by atoms with Crippen LogP contribution in [0.25, 0.3) is 0 Å². The monoisotopic (exact) mass is 1760 g/mol. The van der Waals surface area contributed by atoms with Gasteiger partial charge < -0.3 is 0 Å². The molecule has 6 amide bonds. The molecule has 0 saturated heterocycles. The van der Waals surface area contributed by atoms with Gasteiger partial charge in [-0.3, -0.25) is 0 Å². The summed E-state index contributed by atoms with van der Waals surface area (Å²) in [5.74, 6) is 0.449.